The molecule has 32 heavy (non-hydrogen) atoms. The summed E-state index contributed by atoms with van der Waals surface area (Å²) in [5.74, 6) is -2.06. The molecule has 1 amide bonds. The highest BCUT2D eigenvalue weighted by Crippen LogP contribution is 2.46. The number of fused-ring (bicyclic) bond motifs is 1. The Morgan fingerprint density at radius 3 is 2.66 bits per heavy atom. The Labute approximate surface area is 184 Å². The SMILES string of the molecule is COc1c(C2CCCC(C)(C)C2)ccc(F)c1F.NC(=O)c1nccc2[nH]ccc(=O)c12. The number of carbonyl (C=O) groups excluding carboxylic acids is 1. The van der Waals surface area contributed by atoms with Crippen LogP contribution in [0, 0.1) is 17.0 Å². The number of hydrogen-bond acceptors (Lipinski definition) is 4. The van der Waals surface area contributed by atoms with Crippen molar-refractivity contribution in [3.05, 3.63) is 69.8 Å². The Balaban J connectivity index is 0.000000186. The monoisotopic (exact) mass is 443 g/mol. The van der Waals surface area contributed by atoms with Crippen molar-refractivity contribution in [2.24, 2.45) is 11.1 Å². The van der Waals surface area contributed by atoms with Crippen molar-refractivity contribution < 1.29 is 18.3 Å². The maximum Gasteiger partial charge on any atom is 0.268 e. The van der Waals surface area contributed by atoms with Gasteiger partial charge in [-0.15, -0.1) is 0 Å². The first-order valence-electron chi connectivity index (χ1n) is 10.4. The standard InChI is InChI=1S/C15H20F2O.C9H7N3O2/c1-15(2)8-4-5-10(9-15)11-6-7-12(16)13(17)14(11)18-3;10-9(14)8-7-5(1-3-12-8)11-4-2-6(7)13/h6-7,10H,4-5,8-9H2,1-3H3;1-4H,(H2,10,14)(H,11,13). The van der Waals surface area contributed by atoms with Crippen LogP contribution < -0.4 is 15.9 Å². The minimum Gasteiger partial charge on any atom is -0.493 e. The lowest BCUT2D eigenvalue weighted by Gasteiger charge is -2.36. The summed E-state index contributed by atoms with van der Waals surface area (Å²) in [5, 5.41) is 0.238. The summed E-state index contributed by atoms with van der Waals surface area (Å²) < 4.78 is 32.0. The molecule has 0 radical (unpaired) electrons. The van der Waals surface area contributed by atoms with Crippen molar-refractivity contribution in [1.82, 2.24) is 9.97 Å². The van der Waals surface area contributed by atoms with Crippen LogP contribution in [0.25, 0.3) is 10.9 Å². The first-order chi connectivity index (χ1) is 15.1. The van der Waals surface area contributed by atoms with E-state index in [2.05, 4.69) is 23.8 Å². The summed E-state index contributed by atoms with van der Waals surface area (Å²) in [4.78, 5) is 29.0. The lowest BCUT2D eigenvalue weighted by atomic mass is 9.70. The predicted octanol–water partition coefficient (Wildman–Crippen LogP) is 4.68. The van der Waals surface area contributed by atoms with Crippen LogP contribution in [-0.2, 0) is 0 Å². The van der Waals surface area contributed by atoms with Crippen molar-refractivity contribution in [3.63, 3.8) is 0 Å². The van der Waals surface area contributed by atoms with Crippen LogP contribution >= 0.6 is 0 Å². The van der Waals surface area contributed by atoms with Gasteiger partial charge in [-0.25, -0.2) is 4.39 Å². The number of aromatic amines is 1. The van der Waals surface area contributed by atoms with Gasteiger partial charge in [0.15, 0.2) is 17.0 Å². The number of ether oxygens (including phenoxy) is 1. The molecular formula is C24H27F2N3O3. The van der Waals surface area contributed by atoms with E-state index in [1.807, 2.05) is 0 Å². The first-order valence-corrected chi connectivity index (χ1v) is 10.4. The highest BCUT2D eigenvalue weighted by Gasteiger charge is 2.31. The van der Waals surface area contributed by atoms with Gasteiger partial charge in [-0.2, -0.15) is 4.39 Å². The van der Waals surface area contributed by atoms with Crippen LogP contribution in [-0.4, -0.2) is 23.0 Å². The third-order valence-corrected chi connectivity index (χ3v) is 5.83. The van der Waals surface area contributed by atoms with Crippen LogP contribution in [0.4, 0.5) is 8.78 Å². The average Bonchev–Trinajstić information content (AvgIpc) is 2.75. The quantitative estimate of drug-likeness (QED) is 0.614. The minimum atomic E-state index is -0.863. The van der Waals surface area contributed by atoms with Gasteiger partial charge in [0.2, 0.25) is 5.82 Å². The lowest BCUT2D eigenvalue weighted by Crippen LogP contribution is -2.22. The maximum absolute atomic E-state index is 13.7. The molecule has 2 heterocycles. The number of aromatic nitrogens is 2. The molecule has 1 atom stereocenters. The smallest absolute Gasteiger partial charge is 0.268 e. The number of hydrogen-bond donors (Lipinski definition) is 2. The fourth-order valence-corrected chi connectivity index (χ4v) is 4.35. The van der Waals surface area contributed by atoms with Gasteiger partial charge in [-0.05, 0) is 42.7 Å². The fourth-order valence-electron chi connectivity index (χ4n) is 4.35. The summed E-state index contributed by atoms with van der Waals surface area (Å²) in [6.45, 7) is 4.46. The highest BCUT2D eigenvalue weighted by molar-refractivity contribution is 6.03. The number of methoxy groups -OCH3 is 1. The van der Waals surface area contributed by atoms with Crippen molar-refractivity contribution in [2.75, 3.05) is 7.11 Å². The molecule has 1 saturated carbocycles. The number of halogens is 2. The zero-order valence-corrected chi connectivity index (χ0v) is 18.4. The van der Waals surface area contributed by atoms with Crippen molar-refractivity contribution in [1.29, 1.82) is 0 Å². The van der Waals surface area contributed by atoms with Crippen molar-refractivity contribution >= 4 is 16.8 Å². The topological polar surface area (TPSA) is 98.1 Å². The maximum atomic E-state index is 13.7. The molecule has 0 bridgehead atoms. The molecule has 1 aromatic carbocycles. The van der Waals surface area contributed by atoms with Gasteiger partial charge < -0.3 is 15.5 Å². The average molecular weight is 443 g/mol. The highest BCUT2D eigenvalue weighted by atomic mass is 19.2. The van der Waals surface area contributed by atoms with Gasteiger partial charge in [0.1, 0.15) is 5.69 Å². The molecule has 4 rings (SSSR count). The molecular weight excluding hydrogens is 416 g/mol. The second kappa shape index (κ2) is 9.46. The van der Waals surface area contributed by atoms with Crippen molar-refractivity contribution in [3.8, 4) is 5.75 Å². The summed E-state index contributed by atoms with van der Waals surface area (Å²) in [6, 6.07) is 5.82. The molecule has 1 fully saturated rings. The number of carbonyl (C=O) groups is 1. The normalized spacial score (nSPS) is 17.3. The number of rotatable bonds is 3. The zero-order chi connectivity index (χ0) is 23.5. The number of amides is 1. The molecule has 0 saturated heterocycles. The van der Waals surface area contributed by atoms with E-state index in [1.165, 1.54) is 38.1 Å². The second-order valence-electron chi connectivity index (χ2n) is 8.73. The summed E-state index contributed by atoms with van der Waals surface area (Å²) in [6.07, 6.45) is 7.27. The van der Waals surface area contributed by atoms with E-state index in [4.69, 9.17) is 10.5 Å². The van der Waals surface area contributed by atoms with Gasteiger partial charge in [0.05, 0.1) is 18.0 Å². The van der Waals surface area contributed by atoms with E-state index in [1.54, 1.807) is 12.1 Å². The van der Waals surface area contributed by atoms with Crippen LogP contribution in [0.5, 0.6) is 5.75 Å². The number of pyridine rings is 2. The Morgan fingerprint density at radius 2 is 2.00 bits per heavy atom. The first kappa shape index (κ1) is 23.4. The summed E-state index contributed by atoms with van der Waals surface area (Å²) >= 11 is 0. The van der Waals surface area contributed by atoms with Gasteiger partial charge >= 0.3 is 0 Å². The molecule has 3 N–H and O–H groups in total. The predicted molar refractivity (Wildman–Crippen MR) is 119 cm³/mol. The van der Waals surface area contributed by atoms with Gasteiger partial charge in [0, 0.05) is 24.0 Å². The molecule has 3 aromatic rings. The number of nitrogens with zero attached hydrogens (tertiary/aromatic N) is 1. The van der Waals surface area contributed by atoms with Gasteiger partial charge in [0.25, 0.3) is 5.91 Å². The zero-order valence-electron chi connectivity index (χ0n) is 18.4. The molecule has 2 aromatic heterocycles. The molecule has 0 aliphatic heterocycles. The van der Waals surface area contributed by atoms with E-state index in [0.29, 0.717) is 5.52 Å². The van der Waals surface area contributed by atoms with E-state index < -0.39 is 17.5 Å². The Hall–Kier alpha value is -3.29. The minimum absolute atomic E-state index is 0.00403. The van der Waals surface area contributed by atoms with Crippen LogP contribution in [0.2, 0.25) is 0 Å². The van der Waals surface area contributed by atoms with Crippen LogP contribution in [0.1, 0.15) is 61.5 Å². The van der Waals surface area contributed by atoms with Crippen LogP contribution in [0.15, 0.2) is 41.5 Å². The number of nitrogens with one attached hydrogen (secondary N) is 1. The third-order valence-electron chi connectivity index (χ3n) is 5.83. The van der Waals surface area contributed by atoms with Crippen LogP contribution in [0.3, 0.4) is 0 Å². The molecule has 6 nitrogen and oxygen atoms in total. The summed E-state index contributed by atoms with van der Waals surface area (Å²) in [5.41, 5.74) is 6.46. The number of H-pyrrole nitrogens is 1. The number of primary amides is 1. The molecule has 8 heteroatoms. The molecule has 170 valence electrons. The summed E-state index contributed by atoms with van der Waals surface area (Å²) in [7, 11) is 1.40. The van der Waals surface area contributed by atoms with E-state index in [0.717, 1.165) is 24.8 Å². The molecule has 1 aliphatic rings. The molecule has 1 aliphatic carbocycles. The largest absolute Gasteiger partial charge is 0.493 e. The second-order valence-corrected chi connectivity index (χ2v) is 8.73. The van der Waals surface area contributed by atoms with Gasteiger partial charge in [-0.1, -0.05) is 26.3 Å². The number of benzene rings is 1. The van der Waals surface area contributed by atoms with Gasteiger partial charge in [-0.3, -0.25) is 14.6 Å². The molecule has 1 unspecified atom stereocenters. The van der Waals surface area contributed by atoms with E-state index in [-0.39, 0.29) is 33.6 Å². The number of nitrogens with two attached hydrogens (primary N) is 1. The Morgan fingerprint density at radius 1 is 1.25 bits per heavy atom. The lowest BCUT2D eigenvalue weighted by molar-refractivity contribution is 0.0997. The third kappa shape index (κ3) is 4.95. The Bertz CT molecular complexity index is 1190. The Kier molecular flexibility index (Phi) is 6.91. The van der Waals surface area contributed by atoms with E-state index in [9.17, 15) is 18.4 Å². The van der Waals surface area contributed by atoms with Crippen molar-refractivity contribution in [2.45, 2.75) is 45.4 Å². The molecule has 0 spiro atoms. The van der Waals surface area contributed by atoms with E-state index >= 15 is 0 Å². The fraction of sp³-hybridized carbons (Fsp3) is 0.375.